The van der Waals surface area contributed by atoms with Gasteiger partial charge in [-0.1, -0.05) is 43.0 Å². The maximum atomic E-state index is 14.8. The predicted octanol–water partition coefficient (Wildman–Crippen LogP) is 3.23. The summed E-state index contributed by atoms with van der Waals surface area (Å²) in [5.41, 5.74) is 4.46. The fourth-order valence-electron chi connectivity index (χ4n) is 6.12. The van der Waals surface area contributed by atoms with Gasteiger partial charge in [-0.25, -0.2) is 4.39 Å². The molecule has 2 aromatic carbocycles. The molecular formula is C33H45FN4O4. The number of nitrogens with zero attached hydrogens (tertiary/aromatic N) is 2. The first-order valence-corrected chi connectivity index (χ1v) is 15.0. The van der Waals surface area contributed by atoms with Crippen LogP contribution in [0.2, 0.25) is 0 Å². The van der Waals surface area contributed by atoms with Crippen LogP contribution in [0.4, 0.5) is 4.39 Å². The van der Waals surface area contributed by atoms with Crippen molar-refractivity contribution < 1.29 is 23.5 Å². The third-order valence-corrected chi connectivity index (χ3v) is 8.28. The molecule has 0 bridgehead atoms. The van der Waals surface area contributed by atoms with Gasteiger partial charge in [0.1, 0.15) is 5.82 Å². The van der Waals surface area contributed by atoms with Gasteiger partial charge in [0.25, 0.3) is 0 Å². The number of ether oxygens (including phenoxy) is 2. The Kier molecular flexibility index (Phi) is 12.1. The Morgan fingerprint density at radius 3 is 2.52 bits per heavy atom. The average molecular weight is 581 g/mol. The second-order valence-electron chi connectivity index (χ2n) is 11.3. The number of hydrogen-bond donors (Lipinski definition) is 2. The Bertz CT molecular complexity index is 1210. The second kappa shape index (κ2) is 15.9. The van der Waals surface area contributed by atoms with E-state index in [1.807, 2.05) is 6.07 Å². The fraction of sp³-hybridized carbons (Fsp3) is 0.515. The first kappa shape index (κ1) is 31.8. The number of carbonyl (C=O) groups excluding carboxylic acids is 2. The van der Waals surface area contributed by atoms with Crippen LogP contribution < -0.4 is 10.6 Å². The van der Waals surface area contributed by atoms with Gasteiger partial charge in [-0.05, 0) is 62.2 Å². The zero-order valence-corrected chi connectivity index (χ0v) is 24.9. The summed E-state index contributed by atoms with van der Waals surface area (Å²) in [6, 6.07) is 14.6. The number of halogens is 1. The quantitative estimate of drug-likeness (QED) is 0.234. The van der Waals surface area contributed by atoms with Gasteiger partial charge in [0.15, 0.2) is 0 Å². The summed E-state index contributed by atoms with van der Waals surface area (Å²) in [7, 11) is 4.25. The van der Waals surface area contributed by atoms with Gasteiger partial charge in [-0.2, -0.15) is 0 Å². The molecule has 1 fully saturated rings. The SMILES string of the molecule is C=CC(=O)NCCOCCOCCNC(=O)CCc1cccc([C@H]2CN(C3CCc4cccc(F)c43)C[C@@H]2N(C)C)c1. The minimum absolute atomic E-state index is 0.00153. The zero-order chi connectivity index (χ0) is 29.9. The fourth-order valence-corrected chi connectivity index (χ4v) is 6.12. The third-order valence-electron chi connectivity index (χ3n) is 8.28. The second-order valence-corrected chi connectivity index (χ2v) is 11.3. The summed E-state index contributed by atoms with van der Waals surface area (Å²) >= 11 is 0. The molecule has 1 aliphatic carbocycles. The molecular weight excluding hydrogens is 535 g/mol. The molecule has 228 valence electrons. The van der Waals surface area contributed by atoms with E-state index < -0.39 is 0 Å². The highest BCUT2D eigenvalue weighted by Crippen LogP contribution is 2.42. The molecule has 0 saturated carbocycles. The van der Waals surface area contributed by atoms with Gasteiger partial charge in [-0.3, -0.25) is 14.5 Å². The highest BCUT2D eigenvalue weighted by molar-refractivity contribution is 5.86. The van der Waals surface area contributed by atoms with Gasteiger partial charge < -0.3 is 25.0 Å². The molecule has 2 N–H and O–H groups in total. The first-order chi connectivity index (χ1) is 20.4. The molecule has 4 rings (SSSR count). The van der Waals surface area contributed by atoms with E-state index in [2.05, 4.69) is 71.4 Å². The number of benzene rings is 2. The molecule has 1 saturated heterocycles. The van der Waals surface area contributed by atoms with Crippen molar-refractivity contribution in [2.45, 2.75) is 43.7 Å². The average Bonchev–Trinajstić information content (AvgIpc) is 3.63. The van der Waals surface area contributed by atoms with E-state index >= 15 is 0 Å². The topological polar surface area (TPSA) is 83.1 Å². The summed E-state index contributed by atoms with van der Waals surface area (Å²) in [6.45, 7) is 7.73. The normalized spacial score (nSPS) is 20.0. The van der Waals surface area contributed by atoms with Gasteiger partial charge in [0, 0.05) is 56.2 Å². The largest absolute Gasteiger partial charge is 0.377 e. The minimum atomic E-state index is -0.221. The van der Waals surface area contributed by atoms with Crippen LogP contribution in [0.15, 0.2) is 55.1 Å². The number of hydrogen-bond acceptors (Lipinski definition) is 6. The lowest BCUT2D eigenvalue weighted by Gasteiger charge is -2.26. The summed E-state index contributed by atoms with van der Waals surface area (Å²) in [5, 5.41) is 5.55. The summed E-state index contributed by atoms with van der Waals surface area (Å²) in [5.74, 6) is 0.0140. The van der Waals surface area contributed by atoms with Crippen LogP contribution in [-0.2, 0) is 31.9 Å². The molecule has 1 heterocycles. The van der Waals surface area contributed by atoms with Crippen LogP contribution in [0.25, 0.3) is 0 Å². The molecule has 2 amide bonds. The Balaban J connectivity index is 1.19. The molecule has 9 heteroatoms. The maximum absolute atomic E-state index is 14.8. The lowest BCUT2D eigenvalue weighted by atomic mass is 9.91. The van der Waals surface area contributed by atoms with E-state index in [9.17, 15) is 14.0 Å². The summed E-state index contributed by atoms with van der Waals surface area (Å²) in [4.78, 5) is 28.2. The minimum Gasteiger partial charge on any atom is -0.377 e. The van der Waals surface area contributed by atoms with E-state index in [1.165, 1.54) is 11.6 Å². The Morgan fingerprint density at radius 2 is 1.79 bits per heavy atom. The number of amides is 2. The first-order valence-electron chi connectivity index (χ1n) is 15.0. The number of nitrogens with one attached hydrogen (secondary N) is 2. The van der Waals surface area contributed by atoms with Gasteiger partial charge in [0.2, 0.25) is 11.8 Å². The van der Waals surface area contributed by atoms with E-state index in [4.69, 9.17) is 9.47 Å². The molecule has 2 aliphatic rings. The van der Waals surface area contributed by atoms with Crippen molar-refractivity contribution in [3.05, 3.63) is 83.2 Å². The molecule has 0 spiro atoms. The number of aryl methyl sites for hydroxylation is 2. The zero-order valence-electron chi connectivity index (χ0n) is 24.9. The Hall–Kier alpha value is -3.11. The molecule has 0 aromatic heterocycles. The summed E-state index contributed by atoms with van der Waals surface area (Å²) < 4.78 is 25.7. The molecule has 3 atom stereocenters. The highest BCUT2D eigenvalue weighted by atomic mass is 19.1. The standard InChI is InChI=1S/C33H45FN4O4/c1-4-31(39)35-15-17-41-19-20-42-18-16-36-32(40)14-11-24-7-5-9-26(21-24)27-22-38(23-30(27)37(2)3)29-13-12-25-8-6-10-28(34)33(25)29/h4-10,21,27,29-30H,1,11-20,22-23H2,2-3H3,(H,35,39)(H,36,40)/t27-,29?,30+/m1/s1. The molecule has 0 radical (unpaired) electrons. The van der Waals surface area contributed by atoms with Crippen LogP contribution in [0, 0.1) is 5.82 Å². The Morgan fingerprint density at radius 1 is 1.05 bits per heavy atom. The van der Waals surface area contributed by atoms with Crippen molar-refractivity contribution in [3.8, 4) is 0 Å². The molecule has 8 nitrogen and oxygen atoms in total. The lowest BCUT2D eigenvalue weighted by molar-refractivity contribution is -0.121. The van der Waals surface area contributed by atoms with Crippen molar-refractivity contribution in [3.63, 3.8) is 0 Å². The van der Waals surface area contributed by atoms with Crippen molar-refractivity contribution in [2.24, 2.45) is 0 Å². The van der Waals surface area contributed by atoms with Crippen LogP contribution in [0.5, 0.6) is 0 Å². The molecule has 42 heavy (non-hydrogen) atoms. The molecule has 1 unspecified atom stereocenters. The van der Waals surface area contributed by atoms with Crippen molar-refractivity contribution in [1.82, 2.24) is 20.4 Å². The van der Waals surface area contributed by atoms with Gasteiger partial charge >= 0.3 is 0 Å². The summed E-state index contributed by atoms with van der Waals surface area (Å²) in [6.07, 6.45) is 4.20. The van der Waals surface area contributed by atoms with Crippen LogP contribution in [-0.4, -0.2) is 94.4 Å². The van der Waals surface area contributed by atoms with Crippen molar-refractivity contribution >= 4 is 11.8 Å². The van der Waals surface area contributed by atoms with E-state index in [-0.39, 0.29) is 23.7 Å². The van der Waals surface area contributed by atoms with Crippen LogP contribution in [0.1, 0.15) is 47.1 Å². The number of likely N-dealkylation sites (N-methyl/N-ethyl adjacent to an activating group) is 1. The number of rotatable bonds is 16. The number of fused-ring (bicyclic) bond motifs is 1. The van der Waals surface area contributed by atoms with E-state index in [0.717, 1.165) is 42.6 Å². The van der Waals surface area contributed by atoms with Crippen molar-refractivity contribution in [1.29, 1.82) is 0 Å². The smallest absolute Gasteiger partial charge is 0.243 e. The number of likely N-dealkylation sites (tertiary alicyclic amines) is 1. The van der Waals surface area contributed by atoms with Crippen LogP contribution >= 0.6 is 0 Å². The lowest BCUT2D eigenvalue weighted by Crippen LogP contribution is -2.35. The monoisotopic (exact) mass is 580 g/mol. The molecule has 1 aliphatic heterocycles. The van der Waals surface area contributed by atoms with Crippen LogP contribution in [0.3, 0.4) is 0 Å². The van der Waals surface area contributed by atoms with E-state index in [1.54, 1.807) is 6.07 Å². The molecule has 2 aromatic rings. The Labute approximate surface area is 249 Å². The number of carbonyl (C=O) groups is 2. The third kappa shape index (κ3) is 8.70. The van der Waals surface area contributed by atoms with Crippen molar-refractivity contribution in [2.75, 3.05) is 66.7 Å². The highest BCUT2D eigenvalue weighted by Gasteiger charge is 2.41. The predicted molar refractivity (Wildman–Crippen MR) is 162 cm³/mol. The van der Waals surface area contributed by atoms with E-state index in [0.29, 0.717) is 64.3 Å². The van der Waals surface area contributed by atoms with Gasteiger partial charge in [0.05, 0.1) is 26.4 Å². The van der Waals surface area contributed by atoms with Gasteiger partial charge in [-0.15, -0.1) is 0 Å². The maximum Gasteiger partial charge on any atom is 0.243 e.